The molecule has 2 aliphatic carbocycles. The Kier molecular flexibility index (Phi) is 3.42. The quantitative estimate of drug-likeness (QED) is 0.904. The summed E-state index contributed by atoms with van der Waals surface area (Å²) in [5, 5.41) is 6.51. The van der Waals surface area contributed by atoms with E-state index in [-0.39, 0.29) is 10.6 Å². The molecule has 3 fully saturated rings. The molecule has 3 unspecified atom stereocenters. The van der Waals surface area contributed by atoms with E-state index in [1.165, 1.54) is 25.7 Å². The Bertz CT molecular complexity index is 581. The van der Waals surface area contributed by atoms with Gasteiger partial charge in [0.25, 0.3) is 5.56 Å². The van der Waals surface area contributed by atoms with E-state index in [0.29, 0.717) is 0 Å². The molecule has 0 radical (unpaired) electrons. The molecule has 1 aromatic rings. The van der Waals surface area contributed by atoms with Gasteiger partial charge in [0.05, 0.1) is 11.9 Å². The smallest absolute Gasteiger partial charge is 0.285 e. The fraction of sp³-hybridized carbons (Fsp3) is 0.733. The predicted molar refractivity (Wildman–Crippen MR) is 82.9 cm³/mol. The van der Waals surface area contributed by atoms with Gasteiger partial charge in [0.2, 0.25) is 0 Å². The van der Waals surface area contributed by atoms with Crippen molar-refractivity contribution in [1.29, 1.82) is 0 Å². The number of hydrogen-bond donors (Lipinski definition) is 1. The summed E-state index contributed by atoms with van der Waals surface area (Å²) in [6, 6.07) is 0.804. The molecule has 5 nitrogen and oxygen atoms in total. The van der Waals surface area contributed by atoms with E-state index >= 15 is 0 Å². The molecule has 0 spiro atoms. The first kappa shape index (κ1) is 13.6. The molecule has 4 rings (SSSR count). The molecule has 2 heterocycles. The molecule has 6 heteroatoms. The molecular weight excluding hydrogens is 288 g/mol. The number of halogens is 1. The zero-order chi connectivity index (χ0) is 14.4. The Morgan fingerprint density at radius 3 is 2.67 bits per heavy atom. The first-order chi connectivity index (χ1) is 10.2. The van der Waals surface area contributed by atoms with Crippen LogP contribution in [0.5, 0.6) is 0 Å². The van der Waals surface area contributed by atoms with Crippen molar-refractivity contribution in [2.75, 3.05) is 31.1 Å². The lowest BCUT2D eigenvalue weighted by atomic mass is 9.93. The van der Waals surface area contributed by atoms with Crippen LogP contribution < -0.4 is 10.5 Å². The van der Waals surface area contributed by atoms with E-state index in [4.69, 9.17) is 11.6 Å². The van der Waals surface area contributed by atoms with Gasteiger partial charge in [0.15, 0.2) is 0 Å². The van der Waals surface area contributed by atoms with E-state index in [0.717, 1.165) is 49.7 Å². The van der Waals surface area contributed by atoms with Crippen LogP contribution in [0.4, 0.5) is 5.69 Å². The molecular formula is C15H21ClN4O. The highest BCUT2D eigenvalue weighted by molar-refractivity contribution is 6.32. The number of aromatic amines is 1. The second-order valence-electron chi connectivity index (χ2n) is 6.66. The maximum absolute atomic E-state index is 11.6. The Balaban J connectivity index is 1.43. The summed E-state index contributed by atoms with van der Waals surface area (Å²) < 4.78 is 0. The van der Waals surface area contributed by atoms with Crippen LogP contribution in [0.25, 0.3) is 0 Å². The molecule has 1 saturated heterocycles. The highest BCUT2D eigenvalue weighted by Crippen LogP contribution is 2.46. The fourth-order valence-electron chi connectivity index (χ4n) is 4.55. The number of H-pyrrole nitrogens is 1. The number of anilines is 1. The summed E-state index contributed by atoms with van der Waals surface area (Å²) in [5.41, 5.74) is 0.470. The summed E-state index contributed by atoms with van der Waals surface area (Å²) in [4.78, 5) is 16.4. The number of rotatable bonds is 2. The second kappa shape index (κ2) is 5.29. The van der Waals surface area contributed by atoms with Crippen molar-refractivity contribution in [1.82, 2.24) is 15.1 Å². The average molecular weight is 309 g/mol. The Labute approximate surface area is 129 Å². The molecule has 1 aromatic heterocycles. The van der Waals surface area contributed by atoms with Gasteiger partial charge in [-0.05, 0) is 31.1 Å². The number of fused-ring (bicyclic) bond motifs is 2. The topological polar surface area (TPSA) is 52.2 Å². The standard InChI is InChI=1S/C15H21ClN4O/c16-14-13(9-17-18-15(14)21)20-5-3-19(4-6-20)12-8-10-1-2-11(12)7-10/h9-12H,1-8H2,(H,18,21). The molecule has 1 aliphatic heterocycles. The van der Waals surface area contributed by atoms with E-state index in [9.17, 15) is 4.79 Å². The van der Waals surface area contributed by atoms with Gasteiger partial charge in [-0.1, -0.05) is 18.0 Å². The lowest BCUT2D eigenvalue weighted by molar-refractivity contribution is 0.135. The summed E-state index contributed by atoms with van der Waals surface area (Å²) >= 11 is 6.10. The Morgan fingerprint density at radius 2 is 2.00 bits per heavy atom. The minimum Gasteiger partial charge on any atom is -0.366 e. The Morgan fingerprint density at radius 1 is 1.19 bits per heavy atom. The van der Waals surface area contributed by atoms with Crippen molar-refractivity contribution >= 4 is 17.3 Å². The third-order valence-electron chi connectivity index (χ3n) is 5.60. The molecule has 0 amide bonds. The predicted octanol–water partition coefficient (Wildman–Crippen LogP) is 1.73. The maximum Gasteiger partial charge on any atom is 0.285 e. The zero-order valence-electron chi connectivity index (χ0n) is 12.1. The summed E-state index contributed by atoms with van der Waals surface area (Å²) in [7, 11) is 0. The molecule has 3 atom stereocenters. The lowest BCUT2D eigenvalue weighted by Gasteiger charge is -2.41. The van der Waals surface area contributed by atoms with E-state index in [1.54, 1.807) is 6.20 Å². The van der Waals surface area contributed by atoms with E-state index < -0.39 is 0 Å². The molecule has 2 saturated carbocycles. The third-order valence-corrected chi connectivity index (χ3v) is 5.97. The number of hydrogen-bond acceptors (Lipinski definition) is 4. The highest BCUT2D eigenvalue weighted by atomic mass is 35.5. The molecule has 0 aromatic carbocycles. The van der Waals surface area contributed by atoms with Crippen LogP contribution in [0, 0.1) is 11.8 Å². The van der Waals surface area contributed by atoms with Crippen LogP contribution in [-0.2, 0) is 0 Å². The van der Waals surface area contributed by atoms with Gasteiger partial charge in [-0.15, -0.1) is 0 Å². The van der Waals surface area contributed by atoms with Crippen molar-refractivity contribution in [3.05, 3.63) is 21.6 Å². The van der Waals surface area contributed by atoms with Gasteiger partial charge >= 0.3 is 0 Å². The summed E-state index contributed by atoms with van der Waals surface area (Å²) in [5.74, 6) is 1.93. The van der Waals surface area contributed by atoms with Gasteiger partial charge in [-0.3, -0.25) is 9.69 Å². The molecule has 3 aliphatic rings. The van der Waals surface area contributed by atoms with Gasteiger partial charge in [0, 0.05) is 32.2 Å². The molecule has 2 bridgehead atoms. The first-order valence-electron chi connectivity index (χ1n) is 7.94. The van der Waals surface area contributed by atoms with Crippen molar-refractivity contribution in [2.45, 2.75) is 31.7 Å². The number of nitrogens with zero attached hydrogens (tertiary/aromatic N) is 3. The average Bonchev–Trinajstić information content (AvgIpc) is 3.13. The van der Waals surface area contributed by atoms with Gasteiger partial charge < -0.3 is 4.90 Å². The fourth-order valence-corrected chi connectivity index (χ4v) is 4.76. The van der Waals surface area contributed by atoms with Crippen LogP contribution in [0.1, 0.15) is 25.7 Å². The van der Waals surface area contributed by atoms with E-state index in [2.05, 4.69) is 20.0 Å². The third kappa shape index (κ3) is 2.36. The molecule has 21 heavy (non-hydrogen) atoms. The number of piperazine rings is 1. The lowest BCUT2D eigenvalue weighted by Crippen LogP contribution is -2.52. The number of nitrogens with one attached hydrogen (secondary N) is 1. The van der Waals surface area contributed by atoms with E-state index in [1.807, 2.05) is 0 Å². The van der Waals surface area contributed by atoms with Crippen molar-refractivity contribution in [2.24, 2.45) is 11.8 Å². The van der Waals surface area contributed by atoms with Crippen LogP contribution in [0.3, 0.4) is 0 Å². The Hall–Kier alpha value is -1.07. The SMILES string of the molecule is O=c1[nH]ncc(N2CCN(C3CC4CCC3C4)CC2)c1Cl. The largest absolute Gasteiger partial charge is 0.366 e. The molecule has 1 N–H and O–H groups in total. The highest BCUT2D eigenvalue weighted by Gasteiger charge is 2.42. The first-order valence-corrected chi connectivity index (χ1v) is 8.32. The van der Waals surface area contributed by atoms with Crippen molar-refractivity contribution in [3.8, 4) is 0 Å². The van der Waals surface area contributed by atoms with Crippen molar-refractivity contribution < 1.29 is 0 Å². The van der Waals surface area contributed by atoms with Crippen molar-refractivity contribution in [3.63, 3.8) is 0 Å². The van der Waals surface area contributed by atoms with Crippen LogP contribution >= 0.6 is 11.6 Å². The van der Waals surface area contributed by atoms with Gasteiger partial charge in [0.1, 0.15) is 5.02 Å². The van der Waals surface area contributed by atoms with Crippen LogP contribution in [0.2, 0.25) is 5.02 Å². The summed E-state index contributed by atoms with van der Waals surface area (Å²) in [6.07, 6.45) is 7.40. The van der Waals surface area contributed by atoms with Gasteiger partial charge in [-0.25, -0.2) is 5.10 Å². The minimum absolute atomic E-state index is 0.262. The normalized spacial score (nSPS) is 32.8. The monoisotopic (exact) mass is 308 g/mol. The minimum atomic E-state index is -0.301. The van der Waals surface area contributed by atoms with Crippen LogP contribution in [-0.4, -0.2) is 47.3 Å². The summed E-state index contributed by atoms with van der Waals surface area (Å²) in [6.45, 7) is 3.99. The second-order valence-corrected chi connectivity index (χ2v) is 7.04. The maximum atomic E-state index is 11.6. The number of aromatic nitrogens is 2. The van der Waals surface area contributed by atoms with Crippen LogP contribution in [0.15, 0.2) is 11.0 Å². The zero-order valence-corrected chi connectivity index (χ0v) is 12.9. The van der Waals surface area contributed by atoms with Gasteiger partial charge in [-0.2, -0.15) is 5.10 Å². The molecule has 114 valence electrons.